The molecule has 372 valence electrons. The van der Waals surface area contributed by atoms with Gasteiger partial charge in [0.05, 0.1) is 23.0 Å². The molecule has 6 heterocycles. The third-order valence-electron chi connectivity index (χ3n) is 13.1. The van der Waals surface area contributed by atoms with Gasteiger partial charge >= 0.3 is 0 Å². The highest BCUT2D eigenvalue weighted by molar-refractivity contribution is 7.10. The molecule has 0 spiro atoms. The van der Waals surface area contributed by atoms with Crippen LogP contribution in [-0.4, -0.2) is 148 Å². The average molecular weight is 973 g/mol. The number of nitrogens with one attached hydrogen (secondary N) is 2. The van der Waals surface area contributed by atoms with Crippen LogP contribution in [0.2, 0.25) is 0 Å². The predicted octanol–water partition coefficient (Wildman–Crippen LogP) is 7.10. The van der Waals surface area contributed by atoms with E-state index in [0.29, 0.717) is 53.2 Å². The van der Waals surface area contributed by atoms with Crippen molar-refractivity contribution in [2.24, 2.45) is 0 Å². The number of fused-ring (bicyclic) bond motifs is 1. The number of piperazine rings is 1. The summed E-state index contributed by atoms with van der Waals surface area (Å²) in [4.78, 5) is 68.9. The summed E-state index contributed by atoms with van der Waals surface area (Å²) in [6, 6.07) is 13.5. The smallest absolute Gasteiger partial charge is 0.272 e. The number of benzene rings is 1. The van der Waals surface area contributed by atoms with Gasteiger partial charge in [0.2, 0.25) is 11.9 Å². The van der Waals surface area contributed by atoms with E-state index in [0.717, 1.165) is 108 Å². The third-order valence-corrected chi connectivity index (χ3v) is 13.8. The van der Waals surface area contributed by atoms with Crippen LogP contribution in [0.15, 0.2) is 65.9 Å². The zero-order chi connectivity index (χ0) is 49.6. The number of amides is 3. The molecule has 18 nitrogen and oxygen atoms in total. The molecule has 0 saturated carbocycles. The fraction of sp³-hybridized carbons (Fsp3) is 0.510. The number of hydrogen-bond donors (Lipinski definition) is 2. The maximum Gasteiger partial charge on any atom is 0.272 e. The Hall–Kier alpha value is -6.33. The number of anilines is 4. The molecule has 1 unspecified atom stereocenters. The Labute approximate surface area is 415 Å². The number of piperidine rings is 1. The molecular formula is C51H68N14O4S. The van der Waals surface area contributed by atoms with Gasteiger partial charge < -0.3 is 39.9 Å². The first-order chi connectivity index (χ1) is 34.0. The number of nitrogens with zero attached hydrogens (tertiary/aromatic N) is 12. The highest BCUT2D eigenvalue weighted by Gasteiger charge is 2.26. The quantitative estimate of drug-likeness (QED) is 0.0405. The Morgan fingerprint density at radius 2 is 1.69 bits per heavy atom. The fourth-order valence-electron chi connectivity index (χ4n) is 9.16. The summed E-state index contributed by atoms with van der Waals surface area (Å²) in [6.45, 7) is 16.4. The summed E-state index contributed by atoms with van der Waals surface area (Å²) < 4.78 is 7.39. The molecule has 2 aliphatic rings. The Morgan fingerprint density at radius 3 is 2.33 bits per heavy atom. The number of pyridine rings is 1. The van der Waals surface area contributed by atoms with Crippen molar-refractivity contribution >= 4 is 69.3 Å². The lowest BCUT2D eigenvalue weighted by atomic mass is 9.99. The molecule has 2 N–H and O–H groups in total. The molecule has 0 aliphatic carbocycles. The number of methoxy groups -OCH3 is 1. The maximum absolute atomic E-state index is 13.5. The molecule has 4 aromatic heterocycles. The number of rotatable bonds is 22. The first kappa shape index (κ1) is 51.5. The van der Waals surface area contributed by atoms with Crippen LogP contribution in [0.3, 0.4) is 0 Å². The average Bonchev–Trinajstić information content (AvgIpc) is 4.06. The largest absolute Gasteiger partial charge is 0.381 e. The minimum Gasteiger partial charge on any atom is -0.381 e. The van der Waals surface area contributed by atoms with Gasteiger partial charge in [-0.25, -0.2) is 15.0 Å². The van der Waals surface area contributed by atoms with Gasteiger partial charge in [-0.1, -0.05) is 32.4 Å². The van der Waals surface area contributed by atoms with Crippen LogP contribution in [0.5, 0.6) is 0 Å². The van der Waals surface area contributed by atoms with Crippen LogP contribution < -0.4 is 20.4 Å². The molecule has 2 fully saturated rings. The zero-order valence-corrected chi connectivity index (χ0v) is 42.3. The van der Waals surface area contributed by atoms with Crippen molar-refractivity contribution in [1.82, 2.24) is 49.7 Å². The Balaban J connectivity index is 0.852. The lowest BCUT2D eigenvalue weighted by Gasteiger charge is -2.35. The first-order valence-corrected chi connectivity index (χ1v) is 25.6. The molecule has 19 heteroatoms. The molecule has 7 rings (SSSR count). The van der Waals surface area contributed by atoms with Crippen molar-refractivity contribution in [1.29, 1.82) is 5.26 Å². The minimum absolute atomic E-state index is 0.0238. The van der Waals surface area contributed by atoms with Crippen LogP contribution in [0.25, 0.3) is 17.0 Å². The number of nitriles is 1. The van der Waals surface area contributed by atoms with Crippen LogP contribution in [0.4, 0.5) is 23.3 Å². The fourth-order valence-corrected chi connectivity index (χ4v) is 9.73. The van der Waals surface area contributed by atoms with E-state index >= 15 is 0 Å². The molecule has 1 atom stereocenters. The second kappa shape index (κ2) is 25.0. The molecule has 0 radical (unpaired) electrons. The number of carbonyl (C=O) groups is 3. The third kappa shape index (κ3) is 13.1. The van der Waals surface area contributed by atoms with E-state index in [4.69, 9.17) is 14.8 Å². The number of thiazole rings is 1. The predicted molar refractivity (Wildman–Crippen MR) is 275 cm³/mol. The van der Waals surface area contributed by atoms with Crippen molar-refractivity contribution in [2.75, 3.05) is 94.7 Å². The van der Waals surface area contributed by atoms with Crippen molar-refractivity contribution < 1.29 is 19.1 Å². The van der Waals surface area contributed by atoms with Crippen LogP contribution in [0.1, 0.15) is 106 Å². The number of aromatic nitrogens is 6. The number of likely N-dealkylation sites (N-methyl/N-ethyl adjacent to an activating group) is 1. The molecule has 5 aromatic rings. The van der Waals surface area contributed by atoms with Gasteiger partial charge in [-0.15, -0.1) is 11.3 Å². The van der Waals surface area contributed by atoms with Crippen LogP contribution >= 0.6 is 11.3 Å². The molecule has 2 aliphatic heterocycles. The van der Waals surface area contributed by atoms with Gasteiger partial charge in [0.15, 0.2) is 5.69 Å². The molecule has 3 amide bonds. The lowest BCUT2D eigenvalue weighted by molar-refractivity contribution is -0.127. The van der Waals surface area contributed by atoms with Gasteiger partial charge in [-0.2, -0.15) is 15.3 Å². The normalized spacial score (nSPS) is 15.5. The highest BCUT2D eigenvalue weighted by atomic mass is 32.1. The standard InChI is InChI=1S/C51H68N14O4S/c1-7-11-42(60(5)50(68)38(34-52)32-46-53-21-31-70-46)37-12-14-39(15-13-37)64(47(66)8-2)24-10-23-62-29-27-61(28-30-62)22-9-19-54-49(67)48-41-35-56-45(33-43(41)65(59-48)36(3)4)57-44-16-20-55-51(58-44)63-25-17-40(69-6)18-26-63/h12-16,20-21,31-33,35-36,40,42H,7-11,17-19,22-30H2,1-6H3,(H,54,67)(H,55,56,57,58). The molecule has 0 bridgehead atoms. The number of ether oxygens (including phenoxy) is 1. The van der Waals surface area contributed by atoms with E-state index in [2.05, 4.69) is 53.3 Å². The van der Waals surface area contributed by atoms with Crippen molar-refractivity contribution in [2.45, 2.75) is 90.8 Å². The summed E-state index contributed by atoms with van der Waals surface area (Å²) in [5, 5.41) is 24.1. The number of hydrogen-bond acceptors (Lipinski definition) is 15. The summed E-state index contributed by atoms with van der Waals surface area (Å²) >= 11 is 1.37. The van der Waals surface area contributed by atoms with Gasteiger partial charge in [0.25, 0.3) is 11.8 Å². The molecule has 70 heavy (non-hydrogen) atoms. The molecule has 2 saturated heterocycles. The van der Waals surface area contributed by atoms with Crippen LogP contribution in [-0.2, 0) is 14.3 Å². The summed E-state index contributed by atoms with van der Waals surface area (Å²) in [6.07, 6.45) is 12.4. The van der Waals surface area contributed by atoms with Crippen molar-refractivity contribution in [3.8, 4) is 6.07 Å². The topological polar surface area (TPSA) is 194 Å². The van der Waals surface area contributed by atoms with E-state index in [1.807, 2.05) is 72.1 Å². The molecular weight excluding hydrogens is 905 g/mol. The monoisotopic (exact) mass is 973 g/mol. The Bertz CT molecular complexity index is 2580. The van der Waals surface area contributed by atoms with E-state index in [1.165, 1.54) is 11.3 Å². The minimum atomic E-state index is -0.348. The van der Waals surface area contributed by atoms with E-state index in [9.17, 15) is 19.6 Å². The summed E-state index contributed by atoms with van der Waals surface area (Å²) in [5.74, 6) is 1.41. The van der Waals surface area contributed by atoms with Gasteiger partial charge in [0, 0.05) is 115 Å². The van der Waals surface area contributed by atoms with Crippen molar-refractivity contribution in [3.63, 3.8) is 0 Å². The summed E-state index contributed by atoms with van der Waals surface area (Å²) in [5.41, 5.74) is 3.01. The van der Waals surface area contributed by atoms with Crippen LogP contribution in [0, 0.1) is 11.3 Å². The SMILES string of the molecule is CCCC(c1ccc(N(CCCN2CCN(CCCNC(=O)c3nn(C(C)C)c4cc(Nc5ccnc(N6CCC(OC)CC6)n5)ncc34)CC2)C(=O)CC)cc1)N(C)C(=O)C(C#N)=Cc1nccs1. The van der Waals surface area contributed by atoms with Crippen molar-refractivity contribution in [3.05, 3.63) is 82.2 Å². The summed E-state index contributed by atoms with van der Waals surface area (Å²) in [7, 11) is 3.50. The number of carbonyl (C=O) groups excluding carboxylic acids is 3. The highest BCUT2D eigenvalue weighted by Crippen LogP contribution is 2.30. The van der Waals surface area contributed by atoms with Gasteiger partial charge in [0.1, 0.15) is 28.3 Å². The maximum atomic E-state index is 13.5. The second-order valence-electron chi connectivity index (χ2n) is 18.2. The van der Waals surface area contributed by atoms with E-state index in [1.54, 1.807) is 43.7 Å². The molecule has 1 aromatic carbocycles. The second-order valence-corrected chi connectivity index (χ2v) is 19.1. The zero-order valence-electron chi connectivity index (χ0n) is 41.5. The van der Waals surface area contributed by atoms with E-state index in [-0.39, 0.29) is 41.5 Å². The Kier molecular flexibility index (Phi) is 18.4. The Morgan fingerprint density at radius 1 is 0.957 bits per heavy atom. The van der Waals surface area contributed by atoms with E-state index < -0.39 is 0 Å². The lowest BCUT2D eigenvalue weighted by Crippen LogP contribution is -2.47. The van der Waals surface area contributed by atoms with Gasteiger partial charge in [-0.05, 0) is 88.9 Å². The first-order valence-electron chi connectivity index (χ1n) is 24.7. The van der Waals surface area contributed by atoms with Gasteiger partial charge in [-0.3, -0.25) is 19.1 Å².